The molecule has 654 valence electrons. The predicted molar refractivity (Wildman–Crippen MR) is 229 cm³/mol. The molecule has 0 heterocycles. The van der Waals surface area contributed by atoms with Crippen LogP contribution in [0.1, 0.15) is 29.6 Å². The molecule has 0 aliphatic rings. The summed E-state index contributed by atoms with van der Waals surface area (Å²) in [5.41, 5.74) is -1.96. The first-order chi connectivity index (χ1) is 46.3. The Kier molecular flexibility index (Phi) is 26.3. The number of rotatable bonds is 35. The van der Waals surface area contributed by atoms with Gasteiger partial charge in [0.2, 0.25) is 0 Å². The van der Waals surface area contributed by atoms with E-state index in [-0.39, 0.29) is 17.0 Å². The largest absolute Gasteiger partial charge is 0.478 e. The average Bonchev–Trinajstić information content (AvgIpc) is 0.694. The molecule has 0 saturated carbocycles. The molecule has 0 amide bonds. The van der Waals surface area contributed by atoms with Gasteiger partial charge >= 0.3 is 184 Å². The molecular formula is C43H18BrF63O2Si. The fraction of sp³-hybridized carbons (Fsp3) is 0.837. The second-order valence-electron chi connectivity index (χ2n) is 22.1. The summed E-state index contributed by atoms with van der Waals surface area (Å²) in [6.45, 7) is 0. The molecule has 1 rings (SSSR count). The molecule has 0 unspecified atom stereocenters. The van der Waals surface area contributed by atoms with Gasteiger partial charge in [-0.05, 0) is 30.3 Å². The monoisotopic (exact) mass is 1870 g/mol. The summed E-state index contributed by atoms with van der Waals surface area (Å²) >= 11 is 0. The van der Waals surface area contributed by atoms with Crippen molar-refractivity contribution in [2.24, 2.45) is 0 Å². The third-order valence-corrected chi connectivity index (χ3v) is 20.4. The van der Waals surface area contributed by atoms with Crippen molar-refractivity contribution in [2.75, 3.05) is 0 Å². The van der Waals surface area contributed by atoms with E-state index in [1.807, 2.05) is 0 Å². The number of benzene rings is 1. The van der Waals surface area contributed by atoms with Gasteiger partial charge < -0.3 is 5.11 Å². The molecule has 0 atom stereocenters. The van der Waals surface area contributed by atoms with Gasteiger partial charge in [-0.25, -0.2) is 4.79 Å². The van der Waals surface area contributed by atoms with E-state index in [1.165, 1.54) is 0 Å². The normalized spacial score (nSPS) is 16.7. The van der Waals surface area contributed by atoms with Crippen LogP contribution in [0.4, 0.5) is 277 Å². The first kappa shape index (κ1) is 105. The van der Waals surface area contributed by atoms with E-state index in [4.69, 9.17) is 5.11 Å². The number of hydrogen-bond donors (Lipinski definition) is 1. The number of hydrogen-bond acceptors (Lipinski definition) is 1. The Bertz CT molecular complexity index is 3080. The molecule has 0 aromatic heterocycles. The highest BCUT2D eigenvalue weighted by Gasteiger charge is 3.02. The molecule has 1 aromatic rings. The van der Waals surface area contributed by atoms with Crippen molar-refractivity contribution in [3.05, 3.63) is 29.8 Å². The van der Waals surface area contributed by atoms with Crippen molar-refractivity contribution in [1.82, 2.24) is 0 Å². The zero-order valence-corrected chi connectivity index (χ0v) is 51.3. The summed E-state index contributed by atoms with van der Waals surface area (Å²) in [7, 11) is -8.32. The molecule has 1 N–H and O–H groups in total. The number of carboxylic acids is 1. The summed E-state index contributed by atoms with van der Waals surface area (Å²) in [6.07, 6.45) is -41.1. The summed E-state index contributed by atoms with van der Waals surface area (Å²) in [6, 6.07) is -16.6. The van der Waals surface area contributed by atoms with E-state index in [0.717, 1.165) is 0 Å². The number of carbonyl (C=O) groups is 1. The SMILES string of the molecule is Br.O=C(O)c1ccc([Si](CCC(F)(F)C(F)(F)C(F)(F)C(F)(F)C(F)(F)C(F)(F)C(F)(F)C(F)(F)C(F)(F)C(F)(F)F)(CCC(F)(F)C(F)(F)C(F)(F)C(F)(F)C(F)(F)C(F)(F)C(F)(F)C(F)(F)C(F)(F)C(F)(F)F)CCC(F)(F)C(F)(F)C(F)(F)C(F)(F)C(F)(F)C(F)(F)C(F)(F)C(F)(F)C(F)(F)C(F)(F)F)cc1. The van der Waals surface area contributed by atoms with Crippen molar-refractivity contribution in [1.29, 1.82) is 0 Å². The van der Waals surface area contributed by atoms with Crippen LogP contribution in [0.15, 0.2) is 24.3 Å². The Labute approximate surface area is 568 Å². The Morgan fingerprint density at radius 2 is 0.327 bits per heavy atom. The van der Waals surface area contributed by atoms with Crippen LogP contribution in [0, 0.1) is 0 Å². The van der Waals surface area contributed by atoms with E-state index >= 15 is 52.7 Å². The minimum absolute atomic E-state index is 0. The third kappa shape index (κ3) is 13.8. The van der Waals surface area contributed by atoms with Crippen LogP contribution in [0.25, 0.3) is 0 Å². The summed E-state index contributed by atoms with van der Waals surface area (Å²) in [5.74, 6) is -267. The van der Waals surface area contributed by atoms with Gasteiger partial charge in [-0.1, -0.05) is 17.3 Å². The molecule has 0 radical (unpaired) electrons. The Balaban J connectivity index is 0.000119. The lowest BCUT2D eigenvalue weighted by Crippen LogP contribution is -2.77. The van der Waals surface area contributed by atoms with Crippen molar-refractivity contribution in [3.8, 4) is 0 Å². The smallest absolute Gasteiger partial charge is 0.460 e. The lowest BCUT2D eigenvalue weighted by Gasteiger charge is -2.45. The topological polar surface area (TPSA) is 37.3 Å². The second kappa shape index (κ2) is 27.6. The van der Waals surface area contributed by atoms with Gasteiger partial charge in [-0.15, -0.1) is 17.0 Å². The number of aromatic carboxylic acids is 1. The van der Waals surface area contributed by atoms with Crippen LogP contribution in [-0.4, -0.2) is 198 Å². The Hall–Kier alpha value is -5.02. The van der Waals surface area contributed by atoms with Gasteiger partial charge in [0.05, 0.1) is 13.6 Å². The van der Waals surface area contributed by atoms with Crippen molar-refractivity contribution in [2.45, 2.75) is 216 Å². The highest BCUT2D eigenvalue weighted by molar-refractivity contribution is 8.93. The van der Waals surface area contributed by atoms with Gasteiger partial charge in [-0.2, -0.15) is 277 Å². The molecule has 0 saturated heterocycles. The highest BCUT2D eigenvalue weighted by atomic mass is 79.9. The second-order valence-corrected chi connectivity index (χ2v) is 26.7. The van der Waals surface area contributed by atoms with Crippen LogP contribution in [-0.2, 0) is 0 Å². The van der Waals surface area contributed by atoms with Crippen molar-refractivity contribution >= 4 is 36.2 Å². The van der Waals surface area contributed by atoms with Crippen LogP contribution in [0.3, 0.4) is 0 Å². The fourth-order valence-corrected chi connectivity index (χ4v) is 13.1. The minimum Gasteiger partial charge on any atom is -0.478 e. The predicted octanol–water partition coefficient (Wildman–Crippen LogP) is 23.6. The molecule has 0 fully saturated rings. The Morgan fingerprint density at radius 1 is 0.209 bits per heavy atom. The zero-order chi connectivity index (χ0) is 89.3. The molecule has 67 heteroatoms. The van der Waals surface area contributed by atoms with Gasteiger partial charge in [0.15, 0.2) is 0 Å². The molecule has 0 aliphatic carbocycles. The maximum atomic E-state index is 15.6. The highest BCUT2D eigenvalue weighted by Crippen LogP contribution is 2.72. The first-order valence-electron chi connectivity index (χ1n) is 25.0. The maximum Gasteiger partial charge on any atom is 0.460 e. The maximum absolute atomic E-state index is 15.6. The first-order valence-corrected chi connectivity index (χ1v) is 27.6. The van der Waals surface area contributed by atoms with Crippen LogP contribution in [0.5, 0.6) is 0 Å². The number of carboxylic acid groups (broad SMARTS) is 1. The molecule has 110 heavy (non-hydrogen) atoms. The van der Waals surface area contributed by atoms with E-state index < -0.39 is 265 Å². The van der Waals surface area contributed by atoms with E-state index in [2.05, 4.69) is 0 Å². The lowest BCUT2D eigenvalue weighted by atomic mass is 9.86. The number of alkyl halides is 63. The van der Waals surface area contributed by atoms with E-state index in [1.54, 1.807) is 0 Å². The quantitative estimate of drug-likeness (QED) is 0.0543. The van der Waals surface area contributed by atoms with Crippen molar-refractivity contribution in [3.63, 3.8) is 0 Å². The summed E-state index contributed by atoms with van der Waals surface area (Å²) < 4.78 is 895. The van der Waals surface area contributed by atoms with Gasteiger partial charge in [-0.3, -0.25) is 0 Å². The molecule has 0 spiro atoms. The Morgan fingerprint density at radius 3 is 0.445 bits per heavy atom. The number of halogens is 64. The van der Waals surface area contributed by atoms with Gasteiger partial charge in [0.1, 0.15) is 0 Å². The standard InChI is InChI=1S/C43H17F63O2Si.BrH/c44-14(45,17(50,51)20(56,57)23(62,63)26(68,69)29(74,75)32(80,81)35(86,87)38(92,93)41(98,99)100)5-8-109(12-3-1-11(2-4-12)13(107)108,9-6-15(46,47)18(52,53)21(58,59)24(64,65)27(70,71)30(76,77)33(82,83)36(88,89)39(94,95)42(101,102)103)10-7-16(48,49)19(54,55)22(60,61)25(66,67)28(72,73)31(78,79)34(84,85)37(90,91)40(96,97)43(104,105)106;/h1-4H,5-10H2,(H,107,108);1H. The molecule has 0 aliphatic heterocycles. The molecular weight excluding hydrogens is 1850 g/mol. The van der Waals surface area contributed by atoms with E-state index in [9.17, 15) is 229 Å². The molecule has 2 nitrogen and oxygen atoms in total. The fourth-order valence-electron chi connectivity index (χ4n) is 8.21. The third-order valence-electron chi connectivity index (χ3n) is 15.2. The summed E-state index contributed by atoms with van der Waals surface area (Å²) in [5, 5.41) is 6.23. The van der Waals surface area contributed by atoms with E-state index in [0.29, 0.717) is 0 Å². The summed E-state index contributed by atoms with van der Waals surface area (Å²) in [4.78, 5) is 11.4. The van der Waals surface area contributed by atoms with Crippen LogP contribution < -0.4 is 5.19 Å². The van der Waals surface area contributed by atoms with Crippen molar-refractivity contribution < 1.29 is 286 Å². The minimum atomic E-state index is -10.3. The average molecular weight is 1870 g/mol. The van der Waals surface area contributed by atoms with Gasteiger partial charge in [0.25, 0.3) is 0 Å². The van der Waals surface area contributed by atoms with Crippen LogP contribution in [0.2, 0.25) is 18.1 Å². The molecule has 1 aromatic carbocycles. The lowest BCUT2D eigenvalue weighted by molar-refractivity contribution is -0.474. The zero-order valence-electron chi connectivity index (χ0n) is 48.6. The van der Waals surface area contributed by atoms with Crippen LogP contribution >= 0.6 is 17.0 Å². The molecule has 0 bridgehead atoms. The van der Waals surface area contributed by atoms with Gasteiger partial charge in [0, 0.05) is 19.3 Å².